The number of fused-ring (bicyclic) bond motifs is 1. The highest BCUT2D eigenvalue weighted by Gasteiger charge is 2.24. The number of thiocarbonyl (C=S) groups is 1. The second-order valence-corrected chi connectivity index (χ2v) is 9.70. The zero-order chi connectivity index (χ0) is 27.1. The van der Waals surface area contributed by atoms with Crippen molar-refractivity contribution in [3.63, 3.8) is 0 Å². The van der Waals surface area contributed by atoms with E-state index in [0.29, 0.717) is 17.3 Å². The molecule has 1 aliphatic heterocycles. The number of hydrogen-bond acceptors (Lipinski definition) is 6. The molecule has 198 valence electrons. The molecule has 0 bridgehead atoms. The fraction of sp³-hybridized carbons (Fsp3) is 0.286. The van der Waals surface area contributed by atoms with Gasteiger partial charge in [-0.05, 0) is 92.7 Å². The average Bonchev–Trinajstić information content (AvgIpc) is 3.49. The van der Waals surface area contributed by atoms with E-state index in [9.17, 15) is 9.59 Å². The molecule has 3 aliphatic rings. The molecule has 0 radical (unpaired) electrons. The van der Waals surface area contributed by atoms with E-state index in [-0.39, 0.29) is 23.1 Å². The highest BCUT2D eigenvalue weighted by atomic mass is 32.1. The molecule has 2 heterocycles. The molecule has 1 aromatic carbocycles. The Bertz CT molecular complexity index is 1270. The van der Waals surface area contributed by atoms with Crippen molar-refractivity contribution in [3.8, 4) is 22.6 Å². The van der Waals surface area contributed by atoms with Gasteiger partial charge in [-0.2, -0.15) is 0 Å². The summed E-state index contributed by atoms with van der Waals surface area (Å²) in [6.07, 6.45) is 3.50. The van der Waals surface area contributed by atoms with Crippen LogP contribution in [-0.2, 0) is 4.79 Å². The van der Waals surface area contributed by atoms with E-state index in [4.69, 9.17) is 17.0 Å². The van der Waals surface area contributed by atoms with Crippen LogP contribution in [0.5, 0.6) is 11.5 Å². The normalized spacial score (nSPS) is 13.9. The summed E-state index contributed by atoms with van der Waals surface area (Å²) in [4.78, 5) is 31.9. The van der Waals surface area contributed by atoms with Gasteiger partial charge in [-0.3, -0.25) is 10.1 Å². The number of likely N-dealkylation sites (tertiary alicyclic amines) is 1. The minimum atomic E-state index is -0.236. The number of rotatable bonds is 5. The Kier molecular flexibility index (Phi) is 8.88. The van der Waals surface area contributed by atoms with Crippen LogP contribution in [0.4, 0.5) is 16.3 Å². The summed E-state index contributed by atoms with van der Waals surface area (Å²) in [5.41, 5.74) is 3.57. The molecule has 38 heavy (non-hydrogen) atoms. The van der Waals surface area contributed by atoms with Gasteiger partial charge in [0.1, 0.15) is 17.3 Å². The second-order valence-electron chi connectivity index (χ2n) is 9.29. The number of carbonyl (C=O) groups excluding carboxylic acids is 2. The van der Waals surface area contributed by atoms with Gasteiger partial charge in [0, 0.05) is 38.0 Å². The molecule has 0 unspecified atom stereocenters. The molecule has 1 fully saturated rings. The summed E-state index contributed by atoms with van der Waals surface area (Å²) in [6, 6.07) is 19.0. The lowest BCUT2D eigenvalue weighted by Crippen LogP contribution is -2.46. The molecule has 3 amide bonds. The molecule has 0 saturated carbocycles. The fourth-order valence-corrected chi connectivity index (χ4v) is 4.29. The molecule has 9 nitrogen and oxygen atoms in total. The SMILES string of the molecule is CC(=O)NC(=S)Nc1ccc(Oc2ccnc(NC(=O)N(C)C3CCN(C)CC3)c2)cc1.c1cc2cc-2c1. The first-order chi connectivity index (χ1) is 18.3. The van der Waals surface area contributed by atoms with Crippen LogP contribution in [0.3, 0.4) is 0 Å². The number of aromatic nitrogens is 1. The number of hydrogen-bond donors (Lipinski definition) is 3. The van der Waals surface area contributed by atoms with Crippen molar-refractivity contribution in [2.24, 2.45) is 0 Å². The van der Waals surface area contributed by atoms with E-state index < -0.39 is 0 Å². The third-order valence-electron chi connectivity index (χ3n) is 6.27. The van der Waals surface area contributed by atoms with Crippen LogP contribution < -0.4 is 20.7 Å². The Morgan fingerprint density at radius 2 is 1.68 bits per heavy atom. The van der Waals surface area contributed by atoms with Gasteiger partial charge in [-0.15, -0.1) is 0 Å². The number of anilines is 2. The summed E-state index contributed by atoms with van der Waals surface area (Å²) in [6.45, 7) is 3.36. The first kappa shape index (κ1) is 27.0. The Labute approximate surface area is 228 Å². The lowest BCUT2D eigenvalue weighted by atomic mass is 10.0. The van der Waals surface area contributed by atoms with Crippen LogP contribution in [0.25, 0.3) is 11.1 Å². The summed E-state index contributed by atoms with van der Waals surface area (Å²) >= 11 is 5.04. The summed E-state index contributed by atoms with van der Waals surface area (Å²) in [5, 5.41) is 8.49. The maximum atomic E-state index is 12.6. The Morgan fingerprint density at radius 3 is 2.26 bits per heavy atom. The second kappa shape index (κ2) is 12.5. The molecule has 2 aliphatic carbocycles. The van der Waals surface area contributed by atoms with Crippen molar-refractivity contribution < 1.29 is 14.3 Å². The van der Waals surface area contributed by atoms with E-state index in [0.717, 1.165) is 31.6 Å². The quantitative estimate of drug-likeness (QED) is 0.314. The molecule has 1 aromatic heterocycles. The van der Waals surface area contributed by atoms with Crippen LogP contribution in [0, 0.1) is 0 Å². The van der Waals surface area contributed by atoms with E-state index in [1.807, 2.05) is 7.05 Å². The number of benzene rings is 2. The molecular weight excluding hydrogens is 500 g/mol. The molecule has 0 spiro atoms. The van der Waals surface area contributed by atoms with Crippen LogP contribution in [0.15, 0.2) is 66.9 Å². The minimum Gasteiger partial charge on any atom is -0.457 e. The van der Waals surface area contributed by atoms with E-state index in [1.165, 1.54) is 18.1 Å². The van der Waals surface area contributed by atoms with Crippen LogP contribution in [-0.4, -0.2) is 65.1 Å². The first-order valence-electron chi connectivity index (χ1n) is 12.4. The standard InChI is InChI=1S/C22H28N6O3S.C6H4/c1-15(29)24-21(32)25-16-4-6-18(7-5-16)31-19-8-11-23-20(14-19)26-22(30)28(3)17-9-12-27(2)13-10-17;1-2-5-4-6(5)3-1/h4-8,11,14,17H,9-10,12-13H2,1-3H3,(H,23,26,30)(H2,24,25,29,32);1-4H. The number of urea groups is 1. The van der Waals surface area contributed by atoms with E-state index in [2.05, 4.69) is 57.1 Å². The first-order valence-corrected chi connectivity index (χ1v) is 12.8. The maximum Gasteiger partial charge on any atom is 0.323 e. The minimum absolute atomic E-state index is 0.185. The Balaban J connectivity index is 0.000000483. The predicted molar refractivity (Wildman–Crippen MR) is 154 cm³/mol. The number of amides is 3. The molecule has 0 atom stereocenters. The van der Waals surface area contributed by atoms with Crippen molar-refractivity contribution in [2.45, 2.75) is 25.8 Å². The van der Waals surface area contributed by atoms with Crippen molar-refractivity contribution in [2.75, 3.05) is 37.8 Å². The third-order valence-corrected chi connectivity index (χ3v) is 6.48. The van der Waals surface area contributed by atoms with E-state index >= 15 is 0 Å². The Morgan fingerprint density at radius 1 is 1.00 bits per heavy atom. The van der Waals surface area contributed by atoms with Gasteiger partial charge in [0.15, 0.2) is 5.11 Å². The predicted octanol–water partition coefficient (Wildman–Crippen LogP) is 4.93. The van der Waals surface area contributed by atoms with Gasteiger partial charge in [0.2, 0.25) is 5.91 Å². The van der Waals surface area contributed by atoms with Gasteiger partial charge < -0.3 is 25.2 Å². The van der Waals surface area contributed by atoms with Gasteiger partial charge in [-0.25, -0.2) is 9.78 Å². The van der Waals surface area contributed by atoms with Gasteiger partial charge in [-0.1, -0.05) is 18.2 Å². The van der Waals surface area contributed by atoms with Crippen molar-refractivity contribution in [1.29, 1.82) is 0 Å². The largest absolute Gasteiger partial charge is 0.457 e. The number of nitrogens with one attached hydrogen (secondary N) is 3. The number of ether oxygens (including phenoxy) is 1. The number of nitrogens with zero attached hydrogens (tertiary/aromatic N) is 3. The highest BCUT2D eigenvalue weighted by molar-refractivity contribution is 7.80. The maximum absolute atomic E-state index is 12.6. The van der Waals surface area contributed by atoms with Gasteiger partial charge >= 0.3 is 6.03 Å². The van der Waals surface area contributed by atoms with Crippen molar-refractivity contribution in [1.82, 2.24) is 20.1 Å². The lowest BCUT2D eigenvalue weighted by Gasteiger charge is -2.34. The number of piperidine rings is 1. The van der Waals surface area contributed by atoms with E-state index in [1.54, 1.807) is 47.5 Å². The van der Waals surface area contributed by atoms with Gasteiger partial charge in [0.25, 0.3) is 0 Å². The zero-order valence-electron chi connectivity index (χ0n) is 21.7. The zero-order valence-corrected chi connectivity index (χ0v) is 22.5. The fourth-order valence-electron chi connectivity index (χ4n) is 4.03. The van der Waals surface area contributed by atoms with Crippen LogP contribution in [0.1, 0.15) is 19.8 Å². The molecular formula is C28H32N6O3S. The smallest absolute Gasteiger partial charge is 0.323 e. The number of carbonyl (C=O) groups is 2. The monoisotopic (exact) mass is 532 g/mol. The summed E-state index contributed by atoms with van der Waals surface area (Å²) in [5.74, 6) is 1.34. The molecule has 10 heteroatoms. The number of pyridine rings is 1. The van der Waals surface area contributed by atoms with Crippen molar-refractivity contribution >= 4 is 40.8 Å². The highest BCUT2D eigenvalue weighted by Crippen LogP contribution is 2.32. The summed E-state index contributed by atoms with van der Waals surface area (Å²) < 4.78 is 5.87. The molecule has 3 N–H and O–H groups in total. The van der Waals surface area contributed by atoms with Gasteiger partial charge in [0.05, 0.1) is 0 Å². The third kappa shape index (κ3) is 7.99. The molecule has 1 saturated heterocycles. The molecule has 2 aromatic rings. The summed E-state index contributed by atoms with van der Waals surface area (Å²) in [7, 11) is 3.91. The Hall–Kier alpha value is -4.02. The van der Waals surface area contributed by atoms with Crippen LogP contribution >= 0.6 is 12.2 Å². The van der Waals surface area contributed by atoms with Crippen LogP contribution in [0.2, 0.25) is 0 Å². The average molecular weight is 533 g/mol. The topological polar surface area (TPSA) is 98.8 Å². The lowest BCUT2D eigenvalue weighted by molar-refractivity contribution is -0.117. The van der Waals surface area contributed by atoms with Crippen molar-refractivity contribution in [3.05, 3.63) is 66.9 Å². The molecule has 5 rings (SSSR count).